The summed E-state index contributed by atoms with van der Waals surface area (Å²) in [6, 6.07) is 7.60. The van der Waals surface area contributed by atoms with E-state index in [9.17, 15) is 9.90 Å². The quantitative estimate of drug-likeness (QED) is 0.818. The number of carbonyl (C=O) groups excluding carboxylic acids is 1. The smallest absolute Gasteiger partial charge is 0.342 e. The molecule has 0 saturated heterocycles. The molecular formula is C15H20O3. The van der Waals surface area contributed by atoms with E-state index in [-0.39, 0.29) is 12.0 Å². The molecule has 3 heteroatoms. The number of benzene rings is 1. The first-order valence-electron chi connectivity index (χ1n) is 6.41. The summed E-state index contributed by atoms with van der Waals surface area (Å²) in [5.74, 6) is -0.534. The van der Waals surface area contributed by atoms with Crippen LogP contribution in [0.4, 0.5) is 0 Å². The SMILES string of the molecule is CCOC(=O)C1(O)CCC(C)(C)c2ccccc21. The Kier molecular flexibility index (Phi) is 3.20. The molecule has 0 aliphatic heterocycles. The Labute approximate surface area is 108 Å². The molecule has 0 fully saturated rings. The van der Waals surface area contributed by atoms with Crippen molar-refractivity contribution < 1.29 is 14.6 Å². The predicted octanol–water partition coefficient (Wildman–Crippen LogP) is 2.51. The molecule has 18 heavy (non-hydrogen) atoms. The van der Waals surface area contributed by atoms with E-state index >= 15 is 0 Å². The molecule has 0 amide bonds. The molecule has 1 aromatic carbocycles. The maximum absolute atomic E-state index is 12.0. The van der Waals surface area contributed by atoms with Crippen LogP contribution in [0.25, 0.3) is 0 Å². The fourth-order valence-electron chi connectivity index (χ4n) is 2.66. The molecular weight excluding hydrogens is 228 g/mol. The highest BCUT2D eigenvalue weighted by Gasteiger charge is 2.47. The molecule has 2 rings (SSSR count). The van der Waals surface area contributed by atoms with E-state index < -0.39 is 11.6 Å². The van der Waals surface area contributed by atoms with Gasteiger partial charge in [-0.05, 0) is 36.3 Å². The molecule has 1 atom stereocenters. The van der Waals surface area contributed by atoms with Crippen molar-refractivity contribution in [3.8, 4) is 0 Å². The summed E-state index contributed by atoms with van der Waals surface area (Å²) in [4.78, 5) is 12.0. The van der Waals surface area contributed by atoms with Gasteiger partial charge in [0.15, 0.2) is 5.60 Å². The maximum atomic E-state index is 12.0. The molecule has 1 aromatic rings. The second kappa shape index (κ2) is 4.39. The van der Waals surface area contributed by atoms with Crippen LogP contribution in [0.2, 0.25) is 0 Å². The Morgan fingerprint density at radius 3 is 2.50 bits per heavy atom. The summed E-state index contributed by atoms with van der Waals surface area (Å²) in [6.45, 7) is 6.31. The Morgan fingerprint density at radius 2 is 1.89 bits per heavy atom. The molecule has 0 bridgehead atoms. The molecule has 1 unspecified atom stereocenters. The second-order valence-corrected chi connectivity index (χ2v) is 5.51. The minimum absolute atomic E-state index is 0.0185. The number of hydrogen-bond donors (Lipinski definition) is 1. The van der Waals surface area contributed by atoms with E-state index in [0.29, 0.717) is 12.0 Å². The topological polar surface area (TPSA) is 46.5 Å². The molecule has 0 aromatic heterocycles. The minimum atomic E-state index is -1.48. The van der Waals surface area contributed by atoms with E-state index in [1.807, 2.05) is 24.3 Å². The van der Waals surface area contributed by atoms with E-state index in [1.165, 1.54) is 0 Å². The van der Waals surface area contributed by atoms with Gasteiger partial charge in [-0.2, -0.15) is 0 Å². The largest absolute Gasteiger partial charge is 0.464 e. The summed E-state index contributed by atoms with van der Waals surface area (Å²) >= 11 is 0. The molecule has 1 N–H and O–H groups in total. The van der Waals surface area contributed by atoms with Crippen molar-refractivity contribution in [3.63, 3.8) is 0 Å². The van der Waals surface area contributed by atoms with E-state index in [4.69, 9.17) is 4.74 Å². The van der Waals surface area contributed by atoms with Crippen molar-refractivity contribution in [2.75, 3.05) is 6.61 Å². The van der Waals surface area contributed by atoms with Gasteiger partial charge in [0.05, 0.1) is 6.61 Å². The summed E-state index contributed by atoms with van der Waals surface area (Å²) in [5.41, 5.74) is 0.226. The Hall–Kier alpha value is -1.35. The van der Waals surface area contributed by atoms with Gasteiger partial charge in [-0.25, -0.2) is 4.79 Å². The highest BCUT2D eigenvalue weighted by molar-refractivity contribution is 5.82. The van der Waals surface area contributed by atoms with Crippen molar-refractivity contribution in [1.29, 1.82) is 0 Å². The lowest BCUT2D eigenvalue weighted by atomic mass is 9.67. The summed E-state index contributed by atoms with van der Waals surface area (Å²) in [6.07, 6.45) is 1.18. The van der Waals surface area contributed by atoms with Crippen LogP contribution in [-0.2, 0) is 20.5 Å². The molecule has 3 nitrogen and oxygen atoms in total. The number of hydrogen-bond acceptors (Lipinski definition) is 3. The lowest BCUT2D eigenvalue weighted by Gasteiger charge is -2.40. The summed E-state index contributed by atoms with van der Waals surface area (Å²) < 4.78 is 5.02. The zero-order valence-electron chi connectivity index (χ0n) is 11.2. The van der Waals surface area contributed by atoms with Crippen LogP contribution in [-0.4, -0.2) is 17.7 Å². The first-order valence-corrected chi connectivity index (χ1v) is 6.41. The molecule has 0 spiro atoms. The number of esters is 1. The molecule has 98 valence electrons. The van der Waals surface area contributed by atoms with Crippen LogP contribution in [0.5, 0.6) is 0 Å². The number of aliphatic hydroxyl groups is 1. The van der Waals surface area contributed by atoms with E-state index in [2.05, 4.69) is 13.8 Å². The molecule has 0 saturated carbocycles. The monoisotopic (exact) mass is 248 g/mol. The third kappa shape index (κ3) is 1.93. The van der Waals surface area contributed by atoms with Gasteiger partial charge in [0, 0.05) is 0 Å². The maximum Gasteiger partial charge on any atom is 0.342 e. The third-order valence-corrected chi connectivity index (χ3v) is 3.83. The average Bonchev–Trinajstić information content (AvgIpc) is 2.35. The predicted molar refractivity (Wildman–Crippen MR) is 69.2 cm³/mol. The molecule has 0 heterocycles. The van der Waals surface area contributed by atoms with Crippen molar-refractivity contribution >= 4 is 5.97 Å². The number of ether oxygens (including phenoxy) is 1. The van der Waals surface area contributed by atoms with E-state index in [1.54, 1.807) is 6.92 Å². The number of fused-ring (bicyclic) bond motifs is 1. The normalized spacial score (nSPS) is 25.3. The van der Waals surface area contributed by atoms with Crippen LogP contribution < -0.4 is 0 Å². The van der Waals surface area contributed by atoms with Crippen LogP contribution in [0.15, 0.2) is 24.3 Å². The van der Waals surface area contributed by atoms with Crippen molar-refractivity contribution in [1.82, 2.24) is 0 Å². The fraction of sp³-hybridized carbons (Fsp3) is 0.533. The standard InChI is InChI=1S/C15H20O3/c1-4-18-13(16)15(17)10-9-14(2,3)11-7-5-6-8-12(11)15/h5-8,17H,4,9-10H2,1-3H3. The minimum Gasteiger partial charge on any atom is -0.464 e. The Bertz CT molecular complexity index is 465. The van der Waals surface area contributed by atoms with Gasteiger partial charge >= 0.3 is 5.97 Å². The molecule has 1 aliphatic carbocycles. The summed E-state index contributed by atoms with van der Waals surface area (Å²) in [5, 5.41) is 10.7. The van der Waals surface area contributed by atoms with Gasteiger partial charge in [-0.3, -0.25) is 0 Å². The molecule has 0 radical (unpaired) electrons. The third-order valence-electron chi connectivity index (χ3n) is 3.83. The highest BCUT2D eigenvalue weighted by Crippen LogP contribution is 2.45. The van der Waals surface area contributed by atoms with Crippen molar-refractivity contribution in [2.45, 2.75) is 44.6 Å². The van der Waals surface area contributed by atoms with Crippen molar-refractivity contribution in [2.24, 2.45) is 0 Å². The van der Waals surface area contributed by atoms with Crippen LogP contribution >= 0.6 is 0 Å². The second-order valence-electron chi connectivity index (χ2n) is 5.51. The van der Waals surface area contributed by atoms with Crippen molar-refractivity contribution in [3.05, 3.63) is 35.4 Å². The van der Waals surface area contributed by atoms with Gasteiger partial charge in [-0.1, -0.05) is 38.1 Å². The number of carbonyl (C=O) groups is 1. The zero-order valence-corrected chi connectivity index (χ0v) is 11.2. The van der Waals surface area contributed by atoms with Gasteiger partial charge in [0.1, 0.15) is 0 Å². The molecule has 1 aliphatic rings. The highest BCUT2D eigenvalue weighted by atomic mass is 16.5. The lowest BCUT2D eigenvalue weighted by Crippen LogP contribution is -2.44. The first-order chi connectivity index (χ1) is 8.42. The van der Waals surface area contributed by atoms with Crippen LogP contribution in [0.3, 0.4) is 0 Å². The fourth-order valence-corrected chi connectivity index (χ4v) is 2.66. The van der Waals surface area contributed by atoms with Gasteiger partial charge in [-0.15, -0.1) is 0 Å². The Balaban J connectivity index is 2.51. The first kappa shape index (κ1) is 13.1. The zero-order chi connectivity index (χ0) is 13.4. The van der Waals surface area contributed by atoms with E-state index in [0.717, 1.165) is 12.0 Å². The number of rotatable bonds is 2. The van der Waals surface area contributed by atoms with Crippen LogP contribution in [0.1, 0.15) is 44.7 Å². The Morgan fingerprint density at radius 1 is 1.28 bits per heavy atom. The summed E-state index contributed by atoms with van der Waals surface area (Å²) in [7, 11) is 0. The average molecular weight is 248 g/mol. The van der Waals surface area contributed by atoms with Gasteiger partial charge in [0.25, 0.3) is 0 Å². The lowest BCUT2D eigenvalue weighted by molar-refractivity contribution is -0.168. The van der Waals surface area contributed by atoms with Gasteiger partial charge < -0.3 is 9.84 Å². The van der Waals surface area contributed by atoms with Crippen LogP contribution in [0, 0.1) is 0 Å². The van der Waals surface area contributed by atoms with Gasteiger partial charge in [0.2, 0.25) is 0 Å².